The number of methoxy groups -OCH3 is 1. The summed E-state index contributed by atoms with van der Waals surface area (Å²) in [5.74, 6) is -1.34. The molecule has 0 aliphatic rings. The van der Waals surface area contributed by atoms with Crippen molar-refractivity contribution in [3.63, 3.8) is 0 Å². The van der Waals surface area contributed by atoms with E-state index in [4.69, 9.17) is 4.74 Å². The standard InChI is InChI=1S/C18H17NO5/c1-12(18(21)24-2)16(13-6-4-3-5-7-13)17(20)14-8-10-15(11-9-14)19(22)23/h3-11,16-17,20H,1H2,2H3/t16-,17+/m0/s1. The van der Waals surface area contributed by atoms with Crippen molar-refractivity contribution in [2.45, 2.75) is 12.0 Å². The molecule has 2 atom stereocenters. The van der Waals surface area contributed by atoms with Crippen molar-refractivity contribution in [1.82, 2.24) is 0 Å². The van der Waals surface area contributed by atoms with Crippen molar-refractivity contribution in [2.75, 3.05) is 7.11 Å². The quantitative estimate of drug-likeness (QED) is 0.381. The number of carbonyl (C=O) groups excluding carboxylic acids is 1. The number of aliphatic hydroxyl groups excluding tert-OH is 1. The summed E-state index contributed by atoms with van der Waals surface area (Å²) in [4.78, 5) is 22.1. The summed E-state index contributed by atoms with van der Waals surface area (Å²) in [6.07, 6.45) is -1.10. The van der Waals surface area contributed by atoms with Gasteiger partial charge < -0.3 is 9.84 Å². The lowest BCUT2D eigenvalue weighted by molar-refractivity contribution is -0.384. The number of aliphatic hydroxyl groups is 1. The van der Waals surface area contributed by atoms with Crippen LogP contribution in [0, 0.1) is 10.1 Å². The highest BCUT2D eigenvalue weighted by Crippen LogP contribution is 2.37. The molecular weight excluding hydrogens is 310 g/mol. The molecule has 0 heterocycles. The molecule has 2 rings (SSSR count). The number of non-ortho nitro benzene ring substituents is 1. The molecule has 24 heavy (non-hydrogen) atoms. The normalized spacial score (nSPS) is 12.9. The molecule has 2 aromatic rings. The molecule has 0 radical (unpaired) electrons. The van der Waals surface area contributed by atoms with Gasteiger partial charge in [-0.05, 0) is 23.3 Å². The van der Waals surface area contributed by atoms with Crippen LogP contribution in [0.15, 0.2) is 66.7 Å². The number of ether oxygens (including phenoxy) is 1. The predicted octanol–water partition coefficient (Wildman–Crippen LogP) is 3.14. The lowest BCUT2D eigenvalue weighted by Gasteiger charge is -2.24. The highest BCUT2D eigenvalue weighted by atomic mass is 16.6. The minimum Gasteiger partial charge on any atom is -0.466 e. The molecule has 0 unspecified atom stereocenters. The van der Waals surface area contributed by atoms with Gasteiger partial charge in [0.25, 0.3) is 5.69 Å². The van der Waals surface area contributed by atoms with Gasteiger partial charge in [0.2, 0.25) is 0 Å². The van der Waals surface area contributed by atoms with Crippen LogP contribution in [0.1, 0.15) is 23.1 Å². The third-order valence-electron chi connectivity index (χ3n) is 3.74. The Kier molecular flexibility index (Phi) is 5.44. The van der Waals surface area contributed by atoms with Crippen LogP contribution in [0.2, 0.25) is 0 Å². The highest BCUT2D eigenvalue weighted by Gasteiger charge is 2.29. The van der Waals surface area contributed by atoms with E-state index in [-0.39, 0.29) is 11.3 Å². The van der Waals surface area contributed by atoms with Gasteiger partial charge in [-0.3, -0.25) is 10.1 Å². The predicted molar refractivity (Wildman–Crippen MR) is 88.4 cm³/mol. The van der Waals surface area contributed by atoms with E-state index in [2.05, 4.69) is 6.58 Å². The molecule has 6 heteroatoms. The zero-order chi connectivity index (χ0) is 17.7. The molecule has 0 spiro atoms. The Balaban J connectivity index is 2.40. The Labute approximate surface area is 139 Å². The summed E-state index contributed by atoms with van der Waals surface area (Å²) in [7, 11) is 1.24. The number of esters is 1. The van der Waals surface area contributed by atoms with E-state index in [0.717, 1.165) is 0 Å². The molecule has 1 N–H and O–H groups in total. The van der Waals surface area contributed by atoms with Crippen LogP contribution in [0.5, 0.6) is 0 Å². The van der Waals surface area contributed by atoms with Gasteiger partial charge in [-0.2, -0.15) is 0 Å². The zero-order valence-corrected chi connectivity index (χ0v) is 13.1. The van der Waals surface area contributed by atoms with E-state index in [0.29, 0.717) is 11.1 Å². The Bertz CT molecular complexity index is 740. The minimum absolute atomic E-state index is 0.0750. The zero-order valence-electron chi connectivity index (χ0n) is 13.1. The van der Waals surface area contributed by atoms with Crippen molar-refractivity contribution in [3.8, 4) is 0 Å². The number of hydrogen-bond acceptors (Lipinski definition) is 5. The molecule has 0 amide bonds. The molecule has 0 aliphatic heterocycles. The first kappa shape index (κ1) is 17.4. The second-order valence-corrected chi connectivity index (χ2v) is 5.20. The van der Waals surface area contributed by atoms with Crippen molar-refractivity contribution < 1.29 is 19.6 Å². The van der Waals surface area contributed by atoms with Crippen LogP contribution in [0.4, 0.5) is 5.69 Å². The van der Waals surface area contributed by atoms with Crippen LogP contribution in [-0.4, -0.2) is 23.1 Å². The second-order valence-electron chi connectivity index (χ2n) is 5.20. The molecular formula is C18H17NO5. The van der Waals surface area contributed by atoms with E-state index in [1.54, 1.807) is 24.3 Å². The van der Waals surface area contributed by atoms with Gasteiger partial charge >= 0.3 is 5.97 Å². The second kappa shape index (κ2) is 7.52. The SMILES string of the molecule is C=C(C(=O)OC)[C@@H](c1ccccc1)[C@H](O)c1ccc([N+](=O)[O-])cc1. The molecule has 0 aliphatic carbocycles. The molecule has 0 saturated carbocycles. The molecule has 6 nitrogen and oxygen atoms in total. The first-order chi connectivity index (χ1) is 11.5. The van der Waals surface area contributed by atoms with E-state index in [9.17, 15) is 20.0 Å². The van der Waals surface area contributed by atoms with Crippen LogP contribution < -0.4 is 0 Å². The molecule has 0 bridgehead atoms. The number of nitro groups is 1. The summed E-state index contributed by atoms with van der Waals surface area (Å²) < 4.78 is 4.71. The Morgan fingerprint density at radius 1 is 1.12 bits per heavy atom. The first-order valence-corrected chi connectivity index (χ1v) is 7.20. The Hall–Kier alpha value is -2.99. The largest absolute Gasteiger partial charge is 0.466 e. The number of carbonyl (C=O) groups is 1. The summed E-state index contributed by atoms with van der Waals surface area (Å²) in [6, 6.07) is 14.5. The van der Waals surface area contributed by atoms with Crippen molar-refractivity contribution >= 4 is 11.7 Å². The Morgan fingerprint density at radius 3 is 2.21 bits per heavy atom. The van der Waals surface area contributed by atoms with E-state index >= 15 is 0 Å². The van der Waals surface area contributed by atoms with E-state index in [1.807, 2.05) is 6.07 Å². The maximum absolute atomic E-state index is 11.9. The molecule has 2 aromatic carbocycles. The monoisotopic (exact) mass is 327 g/mol. The molecule has 0 fully saturated rings. The average molecular weight is 327 g/mol. The van der Waals surface area contributed by atoms with Crippen molar-refractivity contribution in [3.05, 3.63) is 88.0 Å². The number of benzene rings is 2. The lowest BCUT2D eigenvalue weighted by atomic mass is 9.84. The van der Waals surface area contributed by atoms with Gasteiger partial charge in [0.05, 0.1) is 18.1 Å². The van der Waals surface area contributed by atoms with Gasteiger partial charge in [-0.25, -0.2) is 4.79 Å². The fourth-order valence-electron chi connectivity index (χ4n) is 2.48. The smallest absolute Gasteiger partial charge is 0.333 e. The third kappa shape index (κ3) is 3.67. The van der Waals surface area contributed by atoms with Gasteiger partial charge in [-0.1, -0.05) is 36.9 Å². The maximum Gasteiger partial charge on any atom is 0.333 e. The number of nitrogens with zero attached hydrogens (tertiary/aromatic N) is 1. The third-order valence-corrected chi connectivity index (χ3v) is 3.74. The minimum atomic E-state index is -1.10. The number of nitro benzene ring substituents is 1. The molecule has 124 valence electrons. The maximum atomic E-state index is 11.9. The van der Waals surface area contributed by atoms with E-state index in [1.165, 1.54) is 31.4 Å². The fraction of sp³-hybridized carbons (Fsp3) is 0.167. The highest BCUT2D eigenvalue weighted by molar-refractivity contribution is 5.89. The van der Waals surface area contributed by atoms with Crippen molar-refractivity contribution in [2.24, 2.45) is 0 Å². The van der Waals surface area contributed by atoms with Crippen LogP contribution >= 0.6 is 0 Å². The number of rotatable bonds is 6. The van der Waals surface area contributed by atoms with Crippen molar-refractivity contribution in [1.29, 1.82) is 0 Å². The van der Waals surface area contributed by atoms with E-state index < -0.39 is 22.9 Å². The summed E-state index contributed by atoms with van der Waals surface area (Å²) in [5, 5.41) is 21.5. The Morgan fingerprint density at radius 2 is 1.71 bits per heavy atom. The molecule has 0 saturated heterocycles. The summed E-state index contributed by atoms with van der Waals surface area (Å²) >= 11 is 0. The first-order valence-electron chi connectivity index (χ1n) is 7.20. The molecule has 0 aromatic heterocycles. The summed E-state index contributed by atoms with van der Waals surface area (Å²) in [6.45, 7) is 3.75. The van der Waals surface area contributed by atoms with Crippen LogP contribution in [0.3, 0.4) is 0 Å². The van der Waals surface area contributed by atoms with Gasteiger partial charge in [0.15, 0.2) is 0 Å². The van der Waals surface area contributed by atoms with Gasteiger partial charge in [0.1, 0.15) is 0 Å². The average Bonchev–Trinajstić information content (AvgIpc) is 2.62. The topological polar surface area (TPSA) is 89.7 Å². The van der Waals surface area contributed by atoms with Gasteiger partial charge in [0, 0.05) is 23.6 Å². The van der Waals surface area contributed by atoms with Crippen LogP contribution in [0.25, 0.3) is 0 Å². The lowest BCUT2D eigenvalue weighted by Crippen LogP contribution is -2.19. The van der Waals surface area contributed by atoms with Gasteiger partial charge in [-0.15, -0.1) is 0 Å². The summed E-state index contributed by atoms with van der Waals surface area (Å²) in [5.41, 5.74) is 1.17. The van der Waals surface area contributed by atoms with Crippen LogP contribution in [-0.2, 0) is 9.53 Å². The number of hydrogen-bond donors (Lipinski definition) is 1. The fourth-order valence-corrected chi connectivity index (χ4v) is 2.48.